The van der Waals surface area contributed by atoms with Crippen LogP contribution < -0.4 is 5.73 Å². The quantitative estimate of drug-likeness (QED) is 0.765. The molecule has 1 heterocycles. The van der Waals surface area contributed by atoms with Crippen molar-refractivity contribution in [2.75, 3.05) is 27.4 Å². The molecule has 0 bridgehead atoms. The molecule has 1 aliphatic rings. The van der Waals surface area contributed by atoms with Crippen molar-refractivity contribution in [1.29, 1.82) is 0 Å². The van der Waals surface area contributed by atoms with Gasteiger partial charge in [-0.05, 0) is 26.3 Å². The number of Topliss-reactive ketones (excluding diaryl/α,β-unsaturated/α-hetero) is 1. The number of hydrogen-bond donors (Lipinski definition) is 1. The summed E-state index contributed by atoms with van der Waals surface area (Å²) in [7, 11) is 2.81. The lowest BCUT2D eigenvalue weighted by Gasteiger charge is -2.00. The predicted octanol–water partition coefficient (Wildman–Crippen LogP) is 1.39. The molecule has 5 heteroatoms. The molecule has 1 unspecified atom stereocenters. The highest BCUT2D eigenvalue weighted by Gasteiger charge is 2.16. The Hall–Kier alpha value is -0.940. The van der Waals surface area contributed by atoms with Gasteiger partial charge < -0.3 is 20.0 Å². The van der Waals surface area contributed by atoms with Gasteiger partial charge in [0.25, 0.3) is 6.47 Å². The lowest BCUT2D eigenvalue weighted by atomic mass is 10.0. The van der Waals surface area contributed by atoms with Gasteiger partial charge in [-0.1, -0.05) is 13.8 Å². The van der Waals surface area contributed by atoms with E-state index in [1.807, 2.05) is 13.8 Å². The Labute approximate surface area is 105 Å². The molecular formula is C12H27NO4. The van der Waals surface area contributed by atoms with Gasteiger partial charge in [0.15, 0.2) is 0 Å². The number of methoxy groups -OCH3 is 1. The summed E-state index contributed by atoms with van der Waals surface area (Å²) >= 11 is 0. The van der Waals surface area contributed by atoms with Gasteiger partial charge in [-0.2, -0.15) is 0 Å². The highest BCUT2D eigenvalue weighted by atomic mass is 16.5. The minimum absolute atomic E-state index is 0.283. The Balaban J connectivity index is -0.000000208. The van der Waals surface area contributed by atoms with Crippen LogP contribution in [0.2, 0.25) is 0 Å². The highest BCUT2D eigenvalue weighted by molar-refractivity contribution is 5.75. The normalized spacial score (nSPS) is 16.0. The van der Waals surface area contributed by atoms with E-state index in [4.69, 9.17) is 9.53 Å². The highest BCUT2D eigenvalue weighted by Crippen LogP contribution is 2.15. The van der Waals surface area contributed by atoms with E-state index in [0.717, 1.165) is 19.6 Å². The molecule has 1 atom stereocenters. The van der Waals surface area contributed by atoms with E-state index in [1.54, 1.807) is 6.92 Å². The molecule has 1 fully saturated rings. The van der Waals surface area contributed by atoms with Gasteiger partial charge in [0.05, 0.1) is 7.11 Å². The van der Waals surface area contributed by atoms with E-state index < -0.39 is 0 Å². The molecule has 5 nitrogen and oxygen atoms in total. The zero-order valence-corrected chi connectivity index (χ0v) is 11.7. The fraction of sp³-hybridized carbons (Fsp3) is 0.833. The third kappa shape index (κ3) is 21.0. The first-order chi connectivity index (χ1) is 8.20. The molecule has 0 spiro atoms. The second-order valence-corrected chi connectivity index (χ2v) is 2.97. The van der Waals surface area contributed by atoms with Crippen molar-refractivity contribution in [1.82, 2.24) is 0 Å². The van der Waals surface area contributed by atoms with Crippen LogP contribution in [0.4, 0.5) is 0 Å². The molecule has 0 saturated carbocycles. The molecule has 2 N–H and O–H groups in total. The van der Waals surface area contributed by atoms with Crippen LogP contribution in [0, 0.1) is 5.92 Å². The van der Waals surface area contributed by atoms with Gasteiger partial charge in [-0.3, -0.25) is 4.79 Å². The van der Waals surface area contributed by atoms with Gasteiger partial charge in [0, 0.05) is 19.6 Å². The molecule has 0 amide bonds. The summed E-state index contributed by atoms with van der Waals surface area (Å²) < 4.78 is 8.97. The topological polar surface area (TPSA) is 78.6 Å². The fourth-order valence-electron chi connectivity index (χ4n) is 1.15. The van der Waals surface area contributed by atoms with Crippen molar-refractivity contribution < 1.29 is 19.1 Å². The summed E-state index contributed by atoms with van der Waals surface area (Å²) in [5.41, 5.74) is 4.50. The maximum atomic E-state index is 10.5. The van der Waals surface area contributed by atoms with E-state index in [-0.39, 0.29) is 5.78 Å². The van der Waals surface area contributed by atoms with Crippen LogP contribution in [0.1, 0.15) is 33.6 Å². The number of carbonyl (C=O) groups excluding carboxylic acids is 2. The van der Waals surface area contributed by atoms with E-state index in [9.17, 15) is 4.79 Å². The van der Waals surface area contributed by atoms with Crippen LogP contribution in [0.5, 0.6) is 0 Å². The predicted molar refractivity (Wildman–Crippen MR) is 68.8 cm³/mol. The molecule has 104 valence electrons. The maximum absolute atomic E-state index is 10.5. The summed E-state index contributed by atoms with van der Waals surface area (Å²) in [4.78, 5) is 19.5. The fourth-order valence-corrected chi connectivity index (χ4v) is 1.15. The molecule has 17 heavy (non-hydrogen) atoms. The van der Waals surface area contributed by atoms with Crippen LogP contribution in [-0.4, -0.2) is 39.6 Å². The molecule has 0 aromatic carbocycles. The maximum Gasteiger partial charge on any atom is 0.292 e. The molecule has 1 aliphatic heterocycles. The Morgan fingerprint density at radius 2 is 1.94 bits per heavy atom. The van der Waals surface area contributed by atoms with Crippen molar-refractivity contribution in [2.45, 2.75) is 33.6 Å². The van der Waals surface area contributed by atoms with E-state index in [0.29, 0.717) is 18.8 Å². The van der Waals surface area contributed by atoms with Crippen LogP contribution in [-0.2, 0) is 19.1 Å². The Kier molecular flexibility index (Phi) is 25.7. The summed E-state index contributed by atoms with van der Waals surface area (Å²) in [6, 6.07) is 0. The van der Waals surface area contributed by atoms with E-state index in [2.05, 4.69) is 10.5 Å². The molecule has 1 saturated heterocycles. The van der Waals surface area contributed by atoms with Crippen LogP contribution in [0.15, 0.2) is 0 Å². The van der Waals surface area contributed by atoms with Crippen molar-refractivity contribution in [3.05, 3.63) is 0 Å². The summed E-state index contributed by atoms with van der Waals surface area (Å²) in [5, 5.41) is 0. The van der Waals surface area contributed by atoms with Crippen LogP contribution in [0.3, 0.4) is 0 Å². The number of rotatable bonds is 3. The number of ether oxygens (including phenoxy) is 2. The van der Waals surface area contributed by atoms with Gasteiger partial charge in [0.1, 0.15) is 5.78 Å². The van der Waals surface area contributed by atoms with Crippen LogP contribution >= 0.6 is 0 Å². The molecule has 0 aromatic rings. The van der Waals surface area contributed by atoms with Crippen molar-refractivity contribution in [3.8, 4) is 0 Å². The second kappa shape index (κ2) is 20.5. The summed E-state index contributed by atoms with van der Waals surface area (Å²) in [5.74, 6) is 0.799. The first-order valence-electron chi connectivity index (χ1n) is 5.82. The molecule has 1 rings (SSSR count). The van der Waals surface area contributed by atoms with Crippen molar-refractivity contribution >= 4 is 12.3 Å². The zero-order valence-electron chi connectivity index (χ0n) is 11.7. The van der Waals surface area contributed by atoms with Crippen molar-refractivity contribution in [3.63, 3.8) is 0 Å². The average molecular weight is 249 g/mol. The number of hydrogen-bond acceptors (Lipinski definition) is 5. The van der Waals surface area contributed by atoms with E-state index in [1.165, 1.54) is 14.2 Å². The molecular weight excluding hydrogens is 222 g/mol. The molecule has 0 aliphatic carbocycles. The average Bonchev–Trinajstić information content (AvgIpc) is 2.86. The number of carbonyl (C=O) groups is 2. The molecule has 0 aromatic heterocycles. The SMILES string of the molecule is CC.CC(=O)CC1CCOC1.CN.COC=O. The summed E-state index contributed by atoms with van der Waals surface area (Å²) in [6.45, 7) is 7.65. The standard InChI is InChI=1S/C7H12O2.C2H4O2.C2H6.CH5N/c1-6(8)4-7-2-3-9-5-7;1-4-2-3;2*1-2/h7H,2-5H2,1H3;2H,1H3;1-2H3;2H2,1H3. The van der Waals surface area contributed by atoms with Gasteiger partial charge in [0.2, 0.25) is 0 Å². The van der Waals surface area contributed by atoms with Crippen molar-refractivity contribution in [2.24, 2.45) is 11.7 Å². The summed E-state index contributed by atoms with van der Waals surface area (Å²) in [6.07, 6.45) is 1.78. The minimum atomic E-state index is 0.283. The lowest BCUT2D eigenvalue weighted by molar-refractivity contribution is -0.126. The monoisotopic (exact) mass is 249 g/mol. The smallest absolute Gasteiger partial charge is 0.292 e. The van der Waals surface area contributed by atoms with Gasteiger partial charge >= 0.3 is 0 Å². The number of ketones is 1. The first kappa shape index (κ1) is 21.4. The Morgan fingerprint density at radius 1 is 1.47 bits per heavy atom. The molecule has 0 radical (unpaired) electrons. The third-order valence-corrected chi connectivity index (χ3v) is 1.70. The lowest BCUT2D eigenvalue weighted by Crippen LogP contribution is -2.04. The number of nitrogens with two attached hydrogens (primary N) is 1. The van der Waals surface area contributed by atoms with Gasteiger partial charge in [-0.25, -0.2) is 0 Å². The Bertz CT molecular complexity index is 157. The first-order valence-corrected chi connectivity index (χ1v) is 5.82. The van der Waals surface area contributed by atoms with E-state index >= 15 is 0 Å². The van der Waals surface area contributed by atoms with Gasteiger partial charge in [-0.15, -0.1) is 0 Å². The minimum Gasteiger partial charge on any atom is -0.471 e. The second-order valence-electron chi connectivity index (χ2n) is 2.97. The third-order valence-electron chi connectivity index (χ3n) is 1.70. The largest absolute Gasteiger partial charge is 0.471 e. The zero-order chi connectivity index (χ0) is 14.1. The Morgan fingerprint density at radius 3 is 2.18 bits per heavy atom. The van der Waals surface area contributed by atoms with Crippen LogP contribution in [0.25, 0.3) is 0 Å².